The normalized spacial score (nSPS) is 13.9. The number of rotatable bonds is 0. The van der Waals surface area contributed by atoms with Crippen LogP contribution in [0, 0.1) is 0 Å². The van der Waals surface area contributed by atoms with Gasteiger partial charge in [-0.1, -0.05) is 146 Å². The first-order valence-electron chi connectivity index (χ1n) is 24.4. The van der Waals surface area contributed by atoms with E-state index in [0.29, 0.717) is 0 Å². The van der Waals surface area contributed by atoms with Gasteiger partial charge in [0, 0.05) is 117 Å². The van der Waals surface area contributed by atoms with Crippen LogP contribution in [-0.2, 0) is 0 Å². The van der Waals surface area contributed by atoms with Gasteiger partial charge in [-0.3, -0.25) is 0 Å². The van der Waals surface area contributed by atoms with E-state index in [2.05, 4.69) is 200 Å². The van der Waals surface area contributed by atoms with Crippen LogP contribution in [0.4, 0.5) is 0 Å². The van der Waals surface area contributed by atoms with Crippen molar-refractivity contribution in [1.82, 2.24) is 18.1 Å². The molecule has 0 saturated carbocycles. The third-order valence-corrected chi connectivity index (χ3v) is 19.6. The average molecular weight is 917 g/mol. The predicted octanol–water partition coefficient (Wildman–Crippen LogP) is 13.6. The van der Waals surface area contributed by atoms with Crippen molar-refractivity contribution in [1.29, 1.82) is 0 Å². The van der Waals surface area contributed by atoms with Gasteiger partial charge >= 0.3 is 13.7 Å². The van der Waals surface area contributed by atoms with Gasteiger partial charge in [-0.2, -0.15) is 0 Å². The molecule has 0 N–H and O–H groups in total. The topological polar surface area (TPSA) is 19.7 Å². The molecule has 0 saturated heterocycles. The summed E-state index contributed by atoms with van der Waals surface area (Å²) in [6.07, 6.45) is 0. The molecule has 4 aliphatic rings. The number of hydrogen-bond donors (Lipinski definition) is 0. The third-order valence-electron chi connectivity index (χ3n) is 17.3. The summed E-state index contributed by atoms with van der Waals surface area (Å²) in [4.78, 5) is 0. The maximum atomic E-state index is 2.83. The van der Waals surface area contributed by atoms with Crippen LogP contribution in [0.25, 0.3) is 150 Å². The summed E-state index contributed by atoms with van der Waals surface area (Å²) in [7, 11) is 0. The molecule has 0 radical (unpaired) electrons. The Morgan fingerprint density at radius 3 is 1.20 bits per heavy atom. The minimum absolute atomic E-state index is 0.0527. The maximum absolute atomic E-state index is 2.83. The summed E-state index contributed by atoms with van der Waals surface area (Å²) in [5.41, 5.74) is 24.2. The van der Waals surface area contributed by atoms with Gasteiger partial charge in [-0.25, -0.2) is 0 Å². The van der Waals surface area contributed by atoms with Crippen LogP contribution in [0.1, 0.15) is 0 Å². The largest absolute Gasteiger partial charge is 0.374 e. The Morgan fingerprint density at radius 2 is 0.714 bits per heavy atom. The Labute approximate surface area is 406 Å². The maximum Gasteiger partial charge on any atom is 0.333 e. The van der Waals surface area contributed by atoms with Crippen LogP contribution in [-0.4, -0.2) is 31.8 Å². The van der Waals surface area contributed by atoms with Gasteiger partial charge in [0.25, 0.3) is 0 Å². The van der Waals surface area contributed by atoms with E-state index in [9.17, 15) is 0 Å². The first kappa shape index (κ1) is 34.9. The molecule has 16 aromatic rings. The molecule has 0 aliphatic carbocycles. The predicted molar refractivity (Wildman–Crippen MR) is 301 cm³/mol. The Kier molecular flexibility index (Phi) is 5.69. The SMILES string of the molecule is c1ccc2c(c1)B1c3c(c4sc5ccccc5c4c4c5ccccc5n-2c34)-c2cccc3c2n1c1c2cccc4c2n(c31)B1c2ccccc2-n2c3ccccc3c3c5c(sc6ccccc65)c-4c1c32. The number of fused-ring (bicyclic) bond motifs is 31. The molecular weight excluding hydrogens is 886 g/mol. The molecule has 70 heavy (non-hydrogen) atoms. The van der Waals surface area contributed by atoms with Crippen LogP contribution >= 0.6 is 22.7 Å². The summed E-state index contributed by atoms with van der Waals surface area (Å²) < 4.78 is 16.4. The second kappa shape index (κ2) is 11.4. The smallest absolute Gasteiger partial charge is 0.333 e. The minimum Gasteiger partial charge on any atom is -0.374 e. The standard InChI is InChI=1S/C62H30B2N4S2/c1-7-25-41-31(15-1)47-49-33-17-3-11-29-45(33)69-61(49)51-35-19-13-21-37-55(35)67(63-39-23-5-9-27-43(39)65(41)59(47)53(51)63)57-38-22-14-20-36-52-54-60-48(50-34-18-4-12-30-46(34)70-62(50)52)32-16-2-8-26-42(32)66(60)44-28-10-6-24-40(44)64(54)68(56(36)38)58(37)57/h1-30H. The zero-order valence-electron chi connectivity index (χ0n) is 37.1. The van der Waals surface area contributed by atoms with Crippen molar-refractivity contribution in [3.05, 3.63) is 182 Å². The van der Waals surface area contributed by atoms with E-state index in [1.165, 1.54) is 172 Å². The quantitative estimate of drug-likeness (QED) is 0.135. The van der Waals surface area contributed by atoms with E-state index in [4.69, 9.17) is 0 Å². The molecule has 0 unspecified atom stereocenters. The van der Waals surface area contributed by atoms with Crippen LogP contribution in [0.5, 0.6) is 0 Å². The lowest BCUT2D eigenvalue weighted by Crippen LogP contribution is -2.55. The summed E-state index contributed by atoms with van der Waals surface area (Å²) in [5.74, 6) is 0. The zero-order valence-corrected chi connectivity index (χ0v) is 38.7. The van der Waals surface area contributed by atoms with Gasteiger partial charge < -0.3 is 18.1 Å². The van der Waals surface area contributed by atoms with Gasteiger partial charge in [-0.05, 0) is 58.2 Å². The van der Waals surface area contributed by atoms with Crippen molar-refractivity contribution in [2.24, 2.45) is 0 Å². The van der Waals surface area contributed by atoms with E-state index in [0.717, 1.165) is 0 Å². The highest BCUT2D eigenvalue weighted by atomic mass is 32.1. The molecule has 8 heteroatoms. The lowest BCUT2D eigenvalue weighted by molar-refractivity contribution is 1.18. The van der Waals surface area contributed by atoms with E-state index >= 15 is 0 Å². The second-order valence-electron chi connectivity index (χ2n) is 20.1. The number of benzene rings is 10. The van der Waals surface area contributed by atoms with Crippen molar-refractivity contribution in [3.8, 4) is 33.6 Å². The average Bonchev–Trinajstić information content (AvgIpc) is 4.27. The monoisotopic (exact) mass is 916 g/mol. The number of hydrogen-bond acceptors (Lipinski definition) is 2. The summed E-state index contributed by atoms with van der Waals surface area (Å²) in [6, 6.07) is 69.7. The Morgan fingerprint density at radius 1 is 0.314 bits per heavy atom. The van der Waals surface area contributed by atoms with Crippen molar-refractivity contribution in [2.75, 3.05) is 0 Å². The summed E-state index contributed by atoms with van der Waals surface area (Å²) in [6.45, 7) is -0.105. The van der Waals surface area contributed by atoms with Crippen LogP contribution in [0.2, 0.25) is 0 Å². The van der Waals surface area contributed by atoms with Gasteiger partial charge in [0.05, 0.1) is 33.1 Å². The highest BCUT2D eigenvalue weighted by molar-refractivity contribution is 7.27. The van der Waals surface area contributed by atoms with Gasteiger partial charge in [0.2, 0.25) is 0 Å². The van der Waals surface area contributed by atoms with Crippen LogP contribution in [0.15, 0.2) is 182 Å². The van der Waals surface area contributed by atoms with Crippen molar-refractivity contribution in [2.45, 2.75) is 0 Å². The molecule has 4 aliphatic heterocycles. The van der Waals surface area contributed by atoms with E-state index in [1.54, 1.807) is 0 Å². The zero-order chi connectivity index (χ0) is 44.6. The molecule has 10 heterocycles. The molecule has 316 valence electrons. The molecule has 0 amide bonds. The fraction of sp³-hybridized carbons (Fsp3) is 0. The van der Waals surface area contributed by atoms with E-state index < -0.39 is 0 Å². The molecule has 0 bridgehead atoms. The van der Waals surface area contributed by atoms with Crippen molar-refractivity contribution >= 4 is 175 Å². The number of nitrogens with zero attached hydrogens (tertiary/aromatic N) is 4. The van der Waals surface area contributed by atoms with Gasteiger partial charge in [0.1, 0.15) is 0 Å². The first-order valence-corrected chi connectivity index (χ1v) is 26.1. The lowest BCUT2D eigenvalue weighted by Gasteiger charge is -2.34. The molecule has 0 spiro atoms. The van der Waals surface area contributed by atoms with Crippen LogP contribution in [0.3, 0.4) is 0 Å². The molecule has 0 atom stereocenters. The molecule has 10 aromatic carbocycles. The Balaban J connectivity index is 1.04. The van der Waals surface area contributed by atoms with Crippen LogP contribution < -0.4 is 21.9 Å². The number of para-hydroxylation sites is 6. The Bertz CT molecular complexity index is 4960. The summed E-state index contributed by atoms with van der Waals surface area (Å²) in [5, 5.41) is 13.5. The van der Waals surface area contributed by atoms with Crippen molar-refractivity contribution in [3.63, 3.8) is 0 Å². The summed E-state index contributed by atoms with van der Waals surface area (Å²) >= 11 is 3.96. The number of thiophene rings is 2. The lowest BCUT2D eigenvalue weighted by atomic mass is 9.45. The highest BCUT2D eigenvalue weighted by Crippen LogP contribution is 2.55. The van der Waals surface area contributed by atoms with Crippen molar-refractivity contribution < 1.29 is 0 Å². The highest BCUT2D eigenvalue weighted by Gasteiger charge is 2.48. The fourth-order valence-corrected chi connectivity index (χ4v) is 17.6. The molecular formula is C62H30B2N4S2. The van der Waals surface area contributed by atoms with E-state index in [-0.39, 0.29) is 13.7 Å². The van der Waals surface area contributed by atoms with E-state index in [1.807, 2.05) is 22.7 Å². The fourth-order valence-electron chi connectivity index (χ4n) is 15.1. The second-order valence-corrected chi connectivity index (χ2v) is 22.2. The number of aromatic nitrogens is 4. The first-order chi connectivity index (χ1) is 34.8. The third kappa shape index (κ3) is 3.52. The molecule has 4 nitrogen and oxygen atoms in total. The molecule has 6 aromatic heterocycles. The Hall–Kier alpha value is -8.29. The van der Waals surface area contributed by atoms with Gasteiger partial charge in [-0.15, -0.1) is 22.7 Å². The minimum atomic E-state index is -0.0527. The molecule has 0 fully saturated rings. The molecule has 20 rings (SSSR count). The van der Waals surface area contributed by atoms with Gasteiger partial charge in [0.15, 0.2) is 0 Å².